The molecular formula is C20H21N3O6. The number of carboxylic acids is 1. The standard InChI is InChI=1S/C20H21N3O6/c1-28-13-6-7-14(17(12-13)29-2)18(24)22-8-10-23(11-9-22)19(25)15-4-3-5-16(21-15)20(26)27/h3-7,12H,8-11H2,1-2H3,(H,26,27). The zero-order chi connectivity index (χ0) is 21.0. The maximum absolute atomic E-state index is 12.9. The molecule has 1 aliphatic heterocycles. The number of benzene rings is 1. The molecule has 2 amide bonds. The number of nitrogens with zero attached hydrogens (tertiary/aromatic N) is 3. The molecule has 1 aromatic heterocycles. The van der Waals surface area contributed by atoms with Crippen molar-refractivity contribution in [1.82, 2.24) is 14.8 Å². The summed E-state index contributed by atoms with van der Waals surface area (Å²) in [5.41, 5.74) is 0.307. The number of carbonyl (C=O) groups excluding carboxylic acids is 2. The predicted octanol–water partition coefficient (Wildman–Crippen LogP) is 1.40. The highest BCUT2D eigenvalue weighted by atomic mass is 16.5. The number of hydrogen-bond donors (Lipinski definition) is 1. The summed E-state index contributed by atoms with van der Waals surface area (Å²) in [5, 5.41) is 9.03. The number of methoxy groups -OCH3 is 2. The van der Waals surface area contributed by atoms with Gasteiger partial charge in [0.2, 0.25) is 0 Å². The first kappa shape index (κ1) is 20.1. The van der Waals surface area contributed by atoms with Crippen molar-refractivity contribution in [3.05, 3.63) is 53.3 Å². The monoisotopic (exact) mass is 399 g/mol. The smallest absolute Gasteiger partial charge is 0.354 e. The average Bonchev–Trinajstić information content (AvgIpc) is 2.77. The summed E-state index contributed by atoms with van der Waals surface area (Å²) in [6, 6.07) is 9.29. The van der Waals surface area contributed by atoms with E-state index in [1.807, 2.05) is 0 Å². The van der Waals surface area contributed by atoms with Gasteiger partial charge in [-0.05, 0) is 24.3 Å². The lowest BCUT2D eigenvalue weighted by atomic mass is 10.1. The molecule has 1 saturated heterocycles. The van der Waals surface area contributed by atoms with E-state index in [1.54, 1.807) is 28.0 Å². The van der Waals surface area contributed by atoms with Gasteiger partial charge in [0.05, 0.1) is 19.8 Å². The van der Waals surface area contributed by atoms with Crippen LogP contribution in [0.2, 0.25) is 0 Å². The Morgan fingerprint density at radius 1 is 0.897 bits per heavy atom. The van der Waals surface area contributed by atoms with E-state index in [0.717, 1.165) is 0 Å². The van der Waals surface area contributed by atoms with Crippen LogP contribution in [-0.4, -0.2) is 78.1 Å². The molecule has 3 rings (SSSR count). The Bertz CT molecular complexity index is 938. The Hall–Kier alpha value is -3.62. The molecule has 0 radical (unpaired) electrons. The van der Waals surface area contributed by atoms with Crippen molar-refractivity contribution in [2.45, 2.75) is 0 Å². The minimum atomic E-state index is -1.19. The van der Waals surface area contributed by atoms with Crippen LogP contribution in [0.3, 0.4) is 0 Å². The van der Waals surface area contributed by atoms with Gasteiger partial charge in [0.15, 0.2) is 0 Å². The molecule has 0 unspecified atom stereocenters. The largest absolute Gasteiger partial charge is 0.497 e. The summed E-state index contributed by atoms with van der Waals surface area (Å²) < 4.78 is 10.5. The predicted molar refractivity (Wildman–Crippen MR) is 103 cm³/mol. The van der Waals surface area contributed by atoms with Crippen molar-refractivity contribution in [3.63, 3.8) is 0 Å². The SMILES string of the molecule is COc1ccc(C(=O)N2CCN(C(=O)c3cccc(C(=O)O)n3)CC2)c(OC)c1. The summed E-state index contributed by atoms with van der Waals surface area (Å²) in [6.07, 6.45) is 0. The van der Waals surface area contributed by atoms with E-state index in [-0.39, 0.29) is 23.2 Å². The summed E-state index contributed by atoms with van der Waals surface area (Å²) >= 11 is 0. The molecule has 0 saturated carbocycles. The van der Waals surface area contributed by atoms with Gasteiger partial charge >= 0.3 is 5.97 Å². The lowest BCUT2D eigenvalue weighted by Crippen LogP contribution is -2.50. The normalized spacial score (nSPS) is 13.7. The number of hydrogen-bond acceptors (Lipinski definition) is 6. The van der Waals surface area contributed by atoms with Gasteiger partial charge in [-0.25, -0.2) is 9.78 Å². The van der Waals surface area contributed by atoms with Gasteiger partial charge in [0, 0.05) is 32.2 Å². The Morgan fingerprint density at radius 2 is 1.52 bits per heavy atom. The van der Waals surface area contributed by atoms with Crippen molar-refractivity contribution >= 4 is 17.8 Å². The molecule has 9 nitrogen and oxygen atoms in total. The second-order valence-corrected chi connectivity index (χ2v) is 6.36. The molecular weight excluding hydrogens is 378 g/mol. The zero-order valence-electron chi connectivity index (χ0n) is 16.1. The second kappa shape index (κ2) is 8.59. The molecule has 0 atom stereocenters. The van der Waals surface area contributed by atoms with Gasteiger partial charge in [-0.1, -0.05) is 6.07 Å². The maximum Gasteiger partial charge on any atom is 0.354 e. The molecule has 2 aromatic rings. The van der Waals surface area contributed by atoms with E-state index in [0.29, 0.717) is 43.2 Å². The second-order valence-electron chi connectivity index (χ2n) is 6.36. The van der Waals surface area contributed by atoms with E-state index in [2.05, 4.69) is 4.98 Å². The van der Waals surface area contributed by atoms with E-state index in [9.17, 15) is 14.4 Å². The number of rotatable bonds is 5. The van der Waals surface area contributed by atoms with Crippen molar-refractivity contribution in [2.24, 2.45) is 0 Å². The Kier molecular flexibility index (Phi) is 5.96. The lowest BCUT2D eigenvalue weighted by molar-refractivity contribution is 0.0529. The minimum Gasteiger partial charge on any atom is -0.497 e. The van der Waals surface area contributed by atoms with Crippen molar-refractivity contribution in [1.29, 1.82) is 0 Å². The minimum absolute atomic E-state index is 0.0708. The third-order valence-electron chi connectivity index (χ3n) is 4.68. The number of piperazine rings is 1. The summed E-state index contributed by atoms with van der Waals surface area (Å²) in [4.78, 5) is 43.6. The van der Waals surface area contributed by atoms with Gasteiger partial charge < -0.3 is 24.4 Å². The zero-order valence-corrected chi connectivity index (χ0v) is 16.1. The quantitative estimate of drug-likeness (QED) is 0.809. The maximum atomic E-state index is 12.9. The molecule has 0 bridgehead atoms. The number of ether oxygens (including phenoxy) is 2. The number of carbonyl (C=O) groups is 3. The number of pyridine rings is 1. The Labute approximate surface area is 167 Å². The molecule has 152 valence electrons. The van der Waals surface area contributed by atoms with E-state index in [1.165, 1.54) is 32.4 Å². The molecule has 1 aromatic carbocycles. The first-order chi connectivity index (χ1) is 13.9. The number of carboxylic acid groups (broad SMARTS) is 1. The molecule has 9 heteroatoms. The molecule has 0 spiro atoms. The number of aromatic carboxylic acids is 1. The summed E-state index contributed by atoms with van der Waals surface area (Å²) in [5.74, 6) is -0.735. The van der Waals surface area contributed by atoms with Crippen LogP contribution in [0, 0.1) is 0 Å². The van der Waals surface area contributed by atoms with Crippen molar-refractivity contribution in [2.75, 3.05) is 40.4 Å². The van der Waals surface area contributed by atoms with Crippen molar-refractivity contribution < 1.29 is 29.0 Å². The fraction of sp³-hybridized carbons (Fsp3) is 0.300. The van der Waals surface area contributed by atoms with E-state index in [4.69, 9.17) is 14.6 Å². The van der Waals surface area contributed by atoms with Gasteiger partial charge in [-0.15, -0.1) is 0 Å². The summed E-state index contributed by atoms with van der Waals surface area (Å²) in [7, 11) is 3.02. The lowest BCUT2D eigenvalue weighted by Gasteiger charge is -2.34. The highest BCUT2D eigenvalue weighted by Crippen LogP contribution is 2.26. The molecule has 1 fully saturated rings. The first-order valence-corrected chi connectivity index (χ1v) is 8.95. The van der Waals surface area contributed by atoms with Gasteiger partial charge in [-0.2, -0.15) is 0 Å². The highest BCUT2D eigenvalue weighted by Gasteiger charge is 2.28. The Balaban J connectivity index is 1.67. The summed E-state index contributed by atoms with van der Waals surface area (Å²) in [6.45, 7) is 1.33. The average molecular weight is 399 g/mol. The van der Waals surface area contributed by atoms with Gasteiger partial charge in [0.1, 0.15) is 22.9 Å². The first-order valence-electron chi connectivity index (χ1n) is 8.95. The number of amides is 2. The van der Waals surface area contributed by atoms with Gasteiger partial charge in [-0.3, -0.25) is 9.59 Å². The molecule has 0 aliphatic carbocycles. The van der Waals surface area contributed by atoms with Crippen LogP contribution in [0.25, 0.3) is 0 Å². The third kappa shape index (κ3) is 4.29. The molecule has 2 heterocycles. The molecule has 1 N–H and O–H groups in total. The number of aromatic nitrogens is 1. The molecule has 1 aliphatic rings. The fourth-order valence-electron chi connectivity index (χ4n) is 3.09. The van der Waals surface area contributed by atoms with E-state index >= 15 is 0 Å². The fourth-order valence-corrected chi connectivity index (χ4v) is 3.09. The van der Waals surface area contributed by atoms with Crippen molar-refractivity contribution in [3.8, 4) is 11.5 Å². The van der Waals surface area contributed by atoms with Gasteiger partial charge in [0.25, 0.3) is 11.8 Å². The van der Waals surface area contributed by atoms with Crippen LogP contribution in [0.1, 0.15) is 31.3 Å². The topological polar surface area (TPSA) is 109 Å². The van der Waals surface area contributed by atoms with Crippen LogP contribution in [-0.2, 0) is 0 Å². The highest BCUT2D eigenvalue weighted by molar-refractivity contribution is 5.98. The van der Waals surface area contributed by atoms with Crippen LogP contribution in [0.15, 0.2) is 36.4 Å². The molecule has 29 heavy (non-hydrogen) atoms. The van der Waals surface area contributed by atoms with Crippen LogP contribution in [0.5, 0.6) is 11.5 Å². The Morgan fingerprint density at radius 3 is 2.10 bits per heavy atom. The van der Waals surface area contributed by atoms with Crippen LogP contribution >= 0.6 is 0 Å². The van der Waals surface area contributed by atoms with Crippen LogP contribution < -0.4 is 9.47 Å². The van der Waals surface area contributed by atoms with E-state index < -0.39 is 5.97 Å². The third-order valence-corrected chi connectivity index (χ3v) is 4.68. The van der Waals surface area contributed by atoms with Crippen LogP contribution in [0.4, 0.5) is 0 Å².